The summed E-state index contributed by atoms with van der Waals surface area (Å²) in [5.74, 6) is 0. The molecule has 0 spiro atoms. The molecular formula is C14H21N3S. The zero-order valence-corrected chi connectivity index (χ0v) is 12.0. The van der Waals surface area contributed by atoms with Gasteiger partial charge in [-0.3, -0.25) is 9.88 Å². The fraction of sp³-hybridized carbons (Fsp3) is 0.571. The molecule has 1 atom stereocenters. The number of nitrogens with one attached hydrogen (secondary N) is 1. The summed E-state index contributed by atoms with van der Waals surface area (Å²) >= 11 is 5.61. The van der Waals surface area contributed by atoms with Crippen molar-refractivity contribution in [1.82, 2.24) is 15.2 Å². The highest BCUT2D eigenvalue weighted by Gasteiger charge is 2.41. The van der Waals surface area contributed by atoms with Crippen molar-refractivity contribution in [2.24, 2.45) is 0 Å². The van der Waals surface area contributed by atoms with E-state index in [1.54, 1.807) is 0 Å². The predicted octanol–water partition coefficient (Wildman–Crippen LogP) is 2.33. The first-order chi connectivity index (χ1) is 8.69. The molecule has 0 aliphatic carbocycles. The fourth-order valence-corrected chi connectivity index (χ4v) is 2.94. The minimum atomic E-state index is -0.112. The summed E-state index contributed by atoms with van der Waals surface area (Å²) < 4.78 is 0. The number of aromatic nitrogens is 1. The molecule has 3 nitrogen and oxygen atoms in total. The Morgan fingerprint density at radius 3 is 3.00 bits per heavy atom. The molecule has 1 saturated heterocycles. The summed E-state index contributed by atoms with van der Waals surface area (Å²) in [5, 5.41) is 3.35. The van der Waals surface area contributed by atoms with E-state index >= 15 is 0 Å². The predicted molar refractivity (Wildman–Crippen MR) is 78.7 cm³/mol. The SMILES string of the molecule is CCCCC1(c2ccccn2)CN(C)CNC1=S. The number of pyridine rings is 1. The molecule has 1 aromatic rings. The quantitative estimate of drug-likeness (QED) is 0.844. The van der Waals surface area contributed by atoms with Crippen LogP contribution in [0.25, 0.3) is 0 Å². The second kappa shape index (κ2) is 5.76. The van der Waals surface area contributed by atoms with Gasteiger partial charge in [0.15, 0.2) is 0 Å². The van der Waals surface area contributed by atoms with Crippen LogP contribution in [0.3, 0.4) is 0 Å². The molecule has 18 heavy (non-hydrogen) atoms. The van der Waals surface area contributed by atoms with E-state index < -0.39 is 0 Å². The summed E-state index contributed by atoms with van der Waals surface area (Å²) in [6.07, 6.45) is 5.28. The third-order valence-electron chi connectivity index (χ3n) is 3.60. The first kappa shape index (κ1) is 13.4. The minimum Gasteiger partial charge on any atom is -0.366 e. The van der Waals surface area contributed by atoms with Crippen LogP contribution < -0.4 is 5.32 Å². The second-order valence-electron chi connectivity index (χ2n) is 5.08. The van der Waals surface area contributed by atoms with Gasteiger partial charge < -0.3 is 5.32 Å². The Labute approximate surface area is 115 Å². The maximum absolute atomic E-state index is 5.61. The third-order valence-corrected chi connectivity index (χ3v) is 4.13. The van der Waals surface area contributed by atoms with Crippen LogP contribution in [0.2, 0.25) is 0 Å². The van der Waals surface area contributed by atoms with Gasteiger partial charge in [-0.05, 0) is 25.6 Å². The second-order valence-corrected chi connectivity index (χ2v) is 5.49. The Morgan fingerprint density at radius 1 is 1.50 bits per heavy atom. The van der Waals surface area contributed by atoms with E-state index in [-0.39, 0.29) is 5.41 Å². The van der Waals surface area contributed by atoms with E-state index in [1.807, 2.05) is 18.3 Å². The molecular weight excluding hydrogens is 242 g/mol. The Morgan fingerprint density at radius 2 is 2.33 bits per heavy atom. The molecule has 1 aromatic heterocycles. The molecule has 98 valence electrons. The molecule has 0 radical (unpaired) electrons. The lowest BCUT2D eigenvalue weighted by atomic mass is 9.77. The molecule has 1 fully saturated rings. The molecule has 1 aliphatic rings. The van der Waals surface area contributed by atoms with Crippen molar-refractivity contribution in [2.45, 2.75) is 31.6 Å². The van der Waals surface area contributed by atoms with Crippen LogP contribution >= 0.6 is 12.2 Å². The molecule has 0 saturated carbocycles. The van der Waals surface area contributed by atoms with E-state index in [4.69, 9.17) is 12.2 Å². The molecule has 0 aromatic carbocycles. The summed E-state index contributed by atoms with van der Waals surface area (Å²) in [7, 11) is 2.12. The molecule has 1 unspecified atom stereocenters. The van der Waals surface area contributed by atoms with Crippen LogP contribution in [-0.4, -0.2) is 35.1 Å². The van der Waals surface area contributed by atoms with Crippen molar-refractivity contribution in [3.63, 3.8) is 0 Å². The van der Waals surface area contributed by atoms with Crippen LogP contribution in [0.5, 0.6) is 0 Å². The smallest absolute Gasteiger partial charge is 0.0899 e. The average Bonchev–Trinajstić information content (AvgIpc) is 2.41. The number of nitrogens with zero attached hydrogens (tertiary/aromatic N) is 2. The molecule has 1 N–H and O–H groups in total. The molecule has 4 heteroatoms. The molecule has 1 aliphatic heterocycles. The van der Waals surface area contributed by atoms with Gasteiger partial charge in [-0.15, -0.1) is 0 Å². The Bertz CT molecular complexity index is 407. The van der Waals surface area contributed by atoms with Crippen LogP contribution in [-0.2, 0) is 5.41 Å². The van der Waals surface area contributed by atoms with Gasteiger partial charge in [-0.25, -0.2) is 0 Å². The summed E-state index contributed by atoms with van der Waals surface area (Å²) in [5.41, 5.74) is 0.988. The zero-order valence-electron chi connectivity index (χ0n) is 11.1. The van der Waals surface area contributed by atoms with E-state index in [2.05, 4.69) is 35.2 Å². The average molecular weight is 263 g/mol. The number of hydrogen-bond acceptors (Lipinski definition) is 3. The fourth-order valence-electron chi connectivity index (χ4n) is 2.61. The highest BCUT2D eigenvalue weighted by atomic mass is 32.1. The molecule has 2 rings (SSSR count). The van der Waals surface area contributed by atoms with Crippen molar-refractivity contribution in [2.75, 3.05) is 20.3 Å². The maximum Gasteiger partial charge on any atom is 0.0899 e. The van der Waals surface area contributed by atoms with Crippen molar-refractivity contribution in [1.29, 1.82) is 0 Å². The normalized spacial score (nSPS) is 24.9. The van der Waals surface area contributed by atoms with Crippen molar-refractivity contribution in [3.8, 4) is 0 Å². The van der Waals surface area contributed by atoms with E-state index in [1.165, 1.54) is 12.8 Å². The van der Waals surface area contributed by atoms with Crippen molar-refractivity contribution in [3.05, 3.63) is 30.1 Å². The summed E-state index contributed by atoms with van der Waals surface area (Å²) in [4.78, 5) is 7.79. The number of unbranched alkanes of at least 4 members (excludes halogenated alkanes) is 1. The zero-order chi connectivity index (χ0) is 13.0. The third kappa shape index (κ3) is 2.54. The first-order valence-corrected chi connectivity index (χ1v) is 6.98. The van der Waals surface area contributed by atoms with Gasteiger partial charge in [0.05, 0.1) is 22.8 Å². The van der Waals surface area contributed by atoms with E-state index in [0.717, 1.165) is 30.3 Å². The monoisotopic (exact) mass is 263 g/mol. The van der Waals surface area contributed by atoms with Gasteiger partial charge in [0, 0.05) is 12.7 Å². The number of rotatable bonds is 4. The summed E-state index contributed by atoms with van der Waals surface area (Å²) in [6.45, 7) is 4.00. The van der Waals surface area contributed by atoms with Gasteiger partial charge in [0.2, 0.25) is 0 Å². The lowest BCUT2D eigenvalue weighted by Gasteiger charge is -2.42. The maximum atomic E-state index is 5.61. The number of hydrogen-bond donors (Lipinski definition) is 1. The molecule has 0 amide bonds. The minimum absolute atomic E-state index is 0.112. The lowest BCUT2D eigenvalue weighted by Crippen LogP contribution is -2.58. The van der Waals surface area contributed by atoms with Gasteiger partial charge in [-0.2, -0.15) is 0 Å². The Kier molecular flexibility index (Phi) is 4.30. The molecule has 0 bridgehead atoms. The van der Waals surface area contributed by atoms with Gasteiger partial charge in [0.25, 0.3) is 0 Å². The van der Waals surface area contributed by atoms with E-state index in [9.17, 15) is 0 Å². The number of thiocarbonyl (C=S) groups is 1. The van der Waals surface area contributed by atoms with Gasteiger partial charge in [-0.1, -0.05) is 38.0 Å². The van der Waals surface area contributed by atoms with Crippen molar-refractivity contribution >= 4 is 17.2 Å². The number of likely N-dealkylation sites (N-methyl/N-ethyl adjacent to an activating group) is 1. The standard InChI is InChI=1S/C14H21N3S/c1-3-4-8-14(12-7-5-6-9-15-12)10-17(2)11-16-13(14)18/h5-7,9H,3-4,8,10-11H2,1-2H3,(H,16,18). The lowest BCUT2D eigenvalue weighted by molar-refractivity contribution is 0.237. The largest absolute Gasteiger partial charge is 0.366 e. The first-order valence-electron chi connectivity index (χ1n) is 6.57. The van der Waals surface area contributed by atoms with Gasteiger partial charge in [0.1, 0.15) is 0 Å². The Balaban J connectivity index is 2.35. The molecule has 2 heterocycles. The summed E-state index contributed by atoms with van der Waals surface area (Å²) in [6, 6.07) is 6.11. The van der Waals surface area contributed by atoms with Crippen molar-refractivity contribution < 1.29 is 0 Å². The highest BCUT2D eigenvalue weighted by Crippen LogP contribution is 2.32. The van der Waals surface area contributed by atoms with Crippen LogP contribution in [0.15, 0.2) is 24.4 Å². The van der Waals surface area contributed by atoms with E-state index in [0.29, 0.717) is 0 Å². The van der Waals surface area contributed by atoms with Gasteiger partial charge >= 0.3 is 0 Å². The van der Waals surface area contributed by atoms with Crippen LogP contribution in [0.1, 0.15) is 31.9 Å². The van der Waals surface area contributed by atoms with Crippen LogP contribution in [0, 0.1) is 0 Å². The Hall–Kier alpha value is -1.00. The van der Waals surface area contributed by atoms with Crippen LogP contribution in [0.4, 0.5) is 0 Å². The highest BCUT2D eigenvalue weighted by molar-refractivity contribution is 7.80. The topological polar surface area (TPSA) is 28.2 Å².